The molecule has 0 unspecified atom stereocenters. The molecule has 0 amide bonds. The number of rotatable bonds is 5. The molecule has 0 fully saturated rings. The van der Waals surface area contributed by atoms with Crippen LogP contribution < -0.4 is 9.64 Å². The van der Waals surface area contributed by atoms with Crippen molar-refractivity contribution in [1.82, 2.24) is 9.97 Å². The Kier molecular flexibility index (Phi) is 6.03. The van der Waals surface area contributed by atoms with Crippen LogP contribution in [0.25, 0.3) is 17.3 Å². The third kappa shape index (κ3) is 4.02. The standard InChI is InChI=1S/C24H22ClFN4O3/c1-13(2)21-23(14(3)8-9-27-21)29-12-16(30(31)32)10-15-11-17(25)22(28-24(15)29)20-18(26)6-5-7-19(20)33-4/h5-11,13H,12H2,1-4H3. The summed E-state index contributed by atoms with van der Waals surface area (Å²) in [5, 5.41) is 11.9. The Hall–Kier alpha value is -3.52. The monoisotopic (exact) mass is 468 g/mol. The fraction of sp³-hybridized carbons (Fsp3) is 0.250. The van der Waals surface area contributed by atoms with Gasteiger partial charge in [0, 0.05) is 17.8 Å². The Balaban J connectivity index is 2.02. The Morgan fingerprint density at radius 1 is 1.30 bits per heavy atom. The molecule has 9 heteroatoms. The van der Waals surface area contributed by atoms with Crippen LogP contribution in [0.3, 0.4) is 0 Å². The van der Waals surface area contributed by atoms with Crippen molar-refractivity contribution in [3.63, 3.8) is 0 Å². The summed E-state index contributed by atoms with van der Waals surface area (Å²) in [6, 6.07) is 7.89. The quantitative estimate of drug-likeness (QED) is 0.330. The van der Waals surface area contributed by atoms with Crippen LogP contribution in [-0.2, 0) is 0 Å². The first-order valence-electron chi connectivity index (χ1n) is 10.3. The first-order valence-corrected chi connectivity index (χ1v) is 10.7. The predicted molar refractivity (Wildman–Crippen MR) is 126 cm³/mol. The third-order valence-electron chi connectivity index (χ3n) is 5.52. The van der Waals surface area contributed by atoms with Crippen molar-refractivity contribution in [3.05, 3.63) is 80.0 Å². The van der Waals surface area contributed by atoms with Gasteiger partial charge in [-0.05, 0) is 42.7 Å². The number of fused-ring (bicyclic) bond motifs is 1. The Bertz CT molecular complexity index is 1290. The van der Waals surface area contributed by atoms with Gasteiger partial charge in [0.2, 0.25) is 0 Å². The van der Waals surface area contributed by atoms with Crippen LogP contribution in [0.5, 0.6) is 5.75 Å². The summed E-state index contributed by atoms with van der Waals surface area (Å²) < 4.78 is 20.2. The summed E-state index contributed by atoms with van der Waals surface area (Å²) in [4.78, 5) is 22.3. The maximum Gasteiger partial charge on any atom is 0.266 e. The molecule has 0 spiro atoms. The number of nitrogens with zero attached hydrogens (tertiary/aromatic N) is 4. The minimum absolute atomic E-state index is 0.00505. The third-order valence-corrected chi connectivity index (χ3v) is 5.81. The highest BCUT2D eigenvalue weighted by Crippen LogP contribution is 2.43. The predicted octanol–water partition coefficient (Wildman–Crippen LogP) is 6.15. The molecule has 0 aliphatic carbocycles. The molecule has 1 aliphatic heterocycles. The molecular weight excluding hydrogens is 447 g/mol. The lowest BCUT2D eigenvalue weighted by Crippen LogP contribution is -2.29. The number of pyridine rings is 2. The van der Waals surface area contributed by atoms with Crippen LogP contribution in [-0.4, -0.2) is 28.5 Å². The molecule has 4 rings (SSSR count). The van der Waals surface area contributed by atoms with Crippen molar-refractivity contribution in [2.75, 3.05) is 18.6 Å². The summed E-state index contributed by atoms with van der Waals surface area (Å²) >= 11 is 6.52. The van der Waals surface area contributed by atoms with E-state index in [9.17, 15) is 14.5 Å². The molecule has 33 heavy (non-hydrogen) atoms. The second-order valence-corrected chi connectivity index (χ2v) is 8.45. The van der Waals surface area contributed by atoms with E-state index in [-0.39, 0.29) is 40.2 Å². The fourth-order valence-corrected chi connectivity index (χ4v) is 4.25. The van der Waals surface area contributed by atoms with E-state index in [1.165, 1.54) is 25.3 Å². The zero-order valence-corrected chi connectivity index (χ0v) is 19.4. The maximum atomic E-state index is 14.9. The average molecular weight is 469 g/mol. The number of aryl methyl sites for hydroxylation is 1. The molecule has 3 heterocycles. The molecule has 7 nitrogen and oxygen atoms in total. The topological polar surface area (TPSA) is 81.4 Å². The van der Waals surface area contributed by atoms with Crippen molar-refractivity contribution >= 4 is 29.2 Å². The van der Waals surface area contributed by atoms with Crippen LogP contribution in [0.4, 0.5) is 15.9 Å². The van der Waals surface area contributed by atoms with E-state index in [1.807, 2.05) is 26.8 Å². The van der Waals surface area contributed by atoms with Crippen LogP contribution in [0.15, 0.2) is 42.2 Å². The molecule has 0 bridgehead atoms. The molecule has 170 valence electrons. The van der Waals surface area contributed by atoms with E-state index in [2.05, 4.69) is 4.98 Å². The van der Waals surface area contributed by atoms with Gasteiger partial charge in [-0.2, -0.15) is 0 Å². The van der Waals surface area contributed by atoms with Gasteiger partial charge in [-0.3, -0.25) is 15.1 Å². The van der Waals surface area contributed by atoms with Gasteiger partial charge in [0.1, 0.15) is 23.9 Å². The van der Waals surface area contributed by atoms with Crippen LogP contribution in [0, 0.1) is 22.9 Å². The summed E-state index contributed by atoms with van der Waals surface area (Å²) in [6.07, 6.45) is 3.17. The van der Waals surface area contributed by atoms with E-state index < -0.39 is 10.7 Å². The molecule has 0 saturated heterocycles. The number of halogens is 2. The Morgan fingerprint density at radius 2 is 2.06 bits per heavy atom. The first-order chi connectivity index (χ1) is 15.7. The smallest absolute Gasteiger partial charge is 0.266 e. The number of nitro groups is 1. The van der Waals surface area contributed by atoms with Gasteiger partial charge < -0.3 is 9.64 Å². The Morgan fingerprint density at radius 3 is 2.73 bits per heavy atom. The van der Waals surface area contributed by atoms with E-state index in [4.69, 9.17) is 21.3 Å². The van der Waals surface area contributed by atoms with Crippen LogP contribution >= 0.6 is 11.6 Å². The van der Waals surface area contributed by atoms with E-state index >= 15 is 0 Å². The second-order valence-electron chi connectivity index (χ2n) is 8.04. The van der Waals surface area contributed by atoms with E-state index in [0.29, 0.717) is 11.4 Å². The van der Waals surface area contributed by atoms with E-state index in [1.54, 1.807) is 23.2 Å². The number of methoxy groups -OCH3 is 1. The number of ether oxygens (including phenoxy) is 1. The number of benzene rings is 1. The molecule has 0 radical (unpaired) electrons. The van der Waals surface area contributed by atoms with Gasteiger partial charge in [0.25, 0.3) is 5.70 Å². The van der Waals surface area contributed by atoms with Crippen molar-refractivity contribution in [2.24, 2.45) is 0 Å². The number of hydrogen-bond acceptors (Lipinski definition) is 6. The largest absolute Gasteiger partial charge is 0.496 e. The maximum absolute atomic E-state index is 14.9. The normalized spacial score (nSPS) is 13.1. The van der Waals surface area contributed by atoms with Gasteiger partial charge in [-0.1, -0.05) is 31.5 Å². The first kappa shape index (κ1) is 22.7. The average Bonchev–Trinajstić information content (AvgIpc) is 2.77. The van der Waals surface area contributed by atoms with Gasteiger partial charge >= 0.3 is 0 Å². The highest BCUT2D eigenvalue weighted by Gasteiger charge is 2.32. The van der Waals surface area contributed by atoms with Crippen LogP contribution in [0.2, 0.25) is 5.02 Å². The van der Waals surface area contributed by atoms with Gasteiger partial charge in [0.05, 0.1) is 39.7 Å². The molecule has 0 atom stereocenters. The lowest BCUT2D eigenvalue weighted by molar-refractivity contribution is -0.423. The summed E-state index contributed by atoms with van der Waals surface area (Å²) in [5.41, 5.74) is 3.20. The number of aromatic nitrogens is 2. The second kappa shape index (κ2) is 8.78. The van der Waals surface area contributed by atoms with Crippen LogP contribution in [0.1, 0.15) is 36.6 Å². The summed E-state index contributed by atoms with van der Waals surface area (Å²) in [6.45, 7) is 5.91. The SMILES string of the molecule is COc1cccc(F)c1-c1nc2c(cc1Cl)C=C([N+](=O)[O-])CN2c1c(C)ccnc1C(C)C. The summed E-state index contributed by atoms with van der Waals surface area (Å²) in [7, 11) is 1.44. The molecule has 1 aromatic carbocycles. The molecule has 0 saturated carbocycles. The number of hydrogen-bond donors (Lipinski definition) is 0. The highest BCUT2D eigenvalue weighted by atomic mass is 35.5. The molecule has 0 N–H and O–H groups in total. The minimum Gasteiger partial charge on any atom is -0.496 e. The van der Waals surface area contributed by atoms with Gasteiger partial charge in [-0.25, -0.2) is 9.37 Å². The summed E-state index contributed by atoms with van der Waals surface area (Å²) in [5.74, 6) is 0.247. The van der Waals surface area contributed by atoms with Crippen molar-refractivity contribution < 1.29 is 14.1 Å². The minimum atomic E-state index is -0.534. The zero-order chi connectivity index (χ0) is 23.9. The van der Waals surface area contributed by atoms with E-state index in [0.717, 1.165) is 16.9 Å². The van der Waals surface area contributed by atoms with Crippen molar-refractivity contribution in [1.29, 1.82) is 0 Å². The molecule has 3 aromatic rings. The zero-order valence-electron chi connectivity index (χ0n) is 18.6. The number of anilines is 2. The fourth-order valence-electron chi connectivity index (χ4n) is 4.00. The van der Waals surface area contributed by atoms with Crippen molar-refractivity contribution in [2.45, 2.75) is 26.7 Å². The highest BCUT2D eigenvalue weighted by molar-refractivity contribution is 6.33. The Labute approximate surface area is 195 Å². The van der Waals surface area contributed by atoms with Gasteiger partial charge in [-0.15, -0.1) is 0 Å². The van der Waals surface area contributed by atoms with Gasteiger partial charge in [0.15, 0.2) is 0 Å². The van der Waals surface area contributed by atoms with Crippen molar-refractivity contribution in [3.8, 4) is 17.0 Å². The lowest BCUT2D eigenvalue weighted by atomic mass is 10.0. The molecule has 1 aliphatic rings. The molecular formula is C24H22ClFN4O3. The lowest BCUT2D eigenvalue weighted by Gasteiger charge is -2.31. The molecule has 2 aromatic heterocycles.